The van der Waals surface area contributed by atoms with Crippen molar-refractivity contribution in [1.29, 1.82) is 0 Å². The van der Waals surface area contributed by atoms with E-state index < -0.39 is 53.3 Å². The van der Waals surface area contributed by atoms with Gasteiger partial charge in [-0.1, -0.05) is 54.6 Å². The van der Waals surface area contributed by atoms with Crippen LogP contribution in [0, 0.1) is 11.6 Å². The average Bonchev–Trinajstić information content (AvgIpc) is 3.40. The number of carbonyl (C=O) groups excluding carboxylic acids is 3. The lowest BCUT2D eigenvalue weighted by atomic mass is 10.0. The number of aromatic nitrogens is 1. The van der Waals surface area contributed by atoms with Crippen molar-refractivity contribution in [2.45, 2.75) is 63.8 Å². The van der Waals surface area contributed by atoms with Crippen LogP contribution in [0.1, 0.15) is 37.5 Å². The zero-order valence-corrected chi connectivity index (χ0v) is 25.5. The third-order valence-electron chi connectivity index (χ3n) is 7.12. The molecule has 4 aromatic rings. The Bertz CT molecular complexity index is 1620. The molecule has 11 heteroatoms. The molecule has 0 fully saturated rings. The minimum absolute atomic E-state index is 0.0140. The van der Waals surface area contributed by atoms with Gasteiger partial charge in [-0.3, -0.25) is 9.59 Å². The van der Waals surface area contributed by atoms with Gasteiger partial charge in [0.15, 0.2) is 11.6 Å². The van der Waals surface area contributed by atoms with Crippen LogP contribution in [-0.4, -0.2) is 53.2 Å². The van der Waals surface area contributed by atoms with Gasteiger partial charge in [0.1, 0.15) is 17.7 Å². The molecular formula is C34H39F2N5O4. The molecule has 45 heavy (non-hydrogen) atoms. The van der Waals surface area contributed by atoms with Gasteiger partial charge in [0.2, 0.25) is 11.8 Å². The molecule has 3 atom stereocenters. The van der Waals surface area contributed by atoms with E-state index in [1.54, 1.807) is 27.0 Å². The lowest BCUT2D eigenvalue weighted by molar-refractivity contribution is -0.130. The highest BCUT2D eigenvalue weighted by Crippen LogP contribution is 2.20. The molecule has 6 N–H and O–H groups in total. The number of halogens is 2. The van der Waals surface area contributed by atoms with Crippen LogP contribution >= 0.6 is 0 Å². The minimum Gasteiger partial charge on any atom is -0.444 e. The number of alkyl carbamates (subject to hydrolysis) is 1. The molecule has 0 aliphatic carbocycles. The molecule has 238 valence electrons. The van der Waals surface area contributed by atoms with Crippen LogP contribution in [0.15, 0.2) is 79.0 Å². The summed E-state index contributed by atoms with van der Waals surface area (Å²) < 4.78 is 32.7. The van der Waals surface area contributed by atoms with Crippen LogP contribution in [-0.2, 0) is 33.6 Å². The van der Waals surface area contributed by atoms with Gasteiger partial charge in [0, 0.05) is 42.5 Å². The van der Waals surface area contributed by atoms with Crippen LogP contribution in [0.3, 0.4) is 0 Å². The van der Waals surface area contributed by atoms with Gasteiger partial charge in [-0.2, -0.15) is 0 Å². The fourth-order valence-corrected chi connectivity index (χ4v) is 4.96. The van der Waals surface area contributed by atoms with Gasteiger partial charge in [-0.15, -0.1) is 0 Å². The third kappa shape index (κ3) is 9.61. The topological polar surface area (TPSA) is 138 Å². The second-order valence-electron chi connectivity index (χ2n) is 11.9. The van der Waals surface area contributed by atoms with Crippen molar-refractivity contribution in [3.05, 3.63) is 107 Å². The van der Waals surface area contributed by atoms with E-state index in [1.165, 1.54) is 6.07 Å². The predicted molar refractivity (Wildman–Crippen MR) is 168 cm³/mol. The first-order valence-corrected chi connectivity index (χ1v) is 14.7. The normalized spacial score (nSPS) is 13.5. The number of rotatable bonds is 12. The zero-order valence-electron chi connectivity index (χ0n) is 25.5. The van der Waals surface area contributed by atoms with Crippen LogP contribution < -0.4 is 21.7 Å². The summed E-state index contributed by atoms with van der Waals surface area (Å²) in [5.41, 5.74) is 8.04. The van der Waals surface area contributed by atoms with Crippen LogP contribution in [0.5, 0.6) is 0 Å². The maximum atomic E-state index is 13.9. The number of benzene rings is 3. The average molecular weight is 620 g/mol. The number of ether oxygens (including phenoxy) is 1. The maximum absolute atomic E-state index is 13.9. The molecule has 1 heterocycles. The van der Waals surface area contributed by atoms with Crippen molar-refractivity contribution in [3.8, 4) is 0 Å². The fourth-order valence-electron chi connectivity index (χ4n) is 4.96. The Kier molecular flexibility index (Phi) is 10.9. The number of aromatic amines is 1. The summed E-state index contributed by atoms with van der Waals surface area (Å²) in [6.45, 7) is 5.17. The van der Waals surface area contributed by atoms with E-state index in [2.05, 4.69) is 20.9 Å². The number of hydrogen-bond donors (Lipinski definition) is 5. The highest BCUT2D eigenvalue weighted by Gasteiger charge is 2.30. The van der Waals surface area contributed by atoms with Crippen molar-refractivity contribution in [2.24, 2.45) is 5.73 Å². The van der Waals surface area contributed by atoms with E-state index >= 15 is 0 Å². The maximum Gasteiger partial charge on any atom is 0.408 e. The molecule has 3 amide bonds. The van der Waals surface area contributed by atoms with E-state index in [1.807, 2.05) is 54.6 Å². The van der Waals surface area contributed by atoms with Crippen molar-refractivity contribution in [2.75, 3.05) is 6.54 Å². The Balaban J connectivity index is 1.56. The first-order valence-electron chi connectivity index (χ1n) is 14.7. The first-order chi connectivity index (χ1) is 21.4. The molecular weight excluding hydrogens is 580 g/mol. The monoisotopic (exact) mass is 619 g/mol. The van der Waals surface area contributed by atoms with Crippen LogP contribution in [0.25, 0.3) is 10.9 Å². The Hall–Kier alpha value is -4.77. The summed E-state index contributed by atoms with van der Waals surface area (Å²) in [6, 6.07) is 17.5. The Labute approximate surface area is 260 Å². The number of nitrogens with two attached hydrogens (primary N) is 1. The van der Waals surface area contributed by atoms with Gasteiger partial charge in [0.05, 0.1) is 0 Å². The van der Waals surface area contributed by atoms with Crippen molar-refractivity contribution >= 4 is 28.8 Å². The Morgan fingerprint density at radius 3 is 2.16 bits per heavy atom. The largest absolute Gasteiger partial charge is 0.444 e. The second kappa shape index (κ2) is 14.8. The lowest BCUT2D eigenvalue weighted by Gasteiger charge is -2.26. The lowest BCUT2D eigenvalue weighted by Crippen LogP contribution is -2.57. The second-order valence-corrected chi connectivity index (χ2v) is 11.9. The molecule has 0 radical (unpaired) electrons. The van der Waals surface area contributed by atoms with Crippen LogP contribution in [0.2, 0.25) is 0 Å². The molecule has 0 saturated carbocycles. The van der Waals surface area contributed by atoms with E-state index in [4.69, 9.17) is 10.5 Å². The summed E-state index contributed by atoms with van der Waals surface area (Å²) >= 11 is 0. The van der Waals surface area contributed by atoms with Gasteiger partial charge < -0.3 is 31.4 Å². The van der Waals surface area contributed by atoms with E-state index in [-0.39, 0.29) is 25.8 Å². The molecule has 0 spiro atoms. The molecule has 0 aliphatic heterocycles. The highest BCUT2D eigenvalue weighted by molar-refractivity contribution is 5.92. The number of H-pyrrole nitrogens is 1. The number of carbonyl (C=O) groups is 3. The summed E-state index contributed by atoms with van der Waals surface area (Å²) in [4.78, 5) is 43.5. The van der Waals surface area contributed by atoms with E-state index in [0.29, 0.717) is 5.56 Å². The minimum atomic E-state index is -1.09. The van der Waals surface area contributed by atoms with Crippen molar-refractivity contribution < 1.29 is 27.9 Å². The highest BCUT2D eigenvalue weighted by atomic mass is 19.2. The summed E-state index contributed by atoms with van der Waals surface area (Å²) in [7, 11) is 0. The number of nitrogens with one attached hydrogen (secondary N) is 4. The smallest absolute Gasteiger partial charge is 0.408 e. The number of amides is 3. The quantitative estimate of drug-likeness (QED) is 0.161. The summed E-state index contributed by atoms with van der Waals surface area (Å²) in [5.74, 6) is -3.08. The molecule has 0 bridgehead atoms. The summed E-state index contributed by atoms with van der Waals surface area (Å²) in [5, 5.41) is 9.23. The Morgan fingerprint density at radius 1 is 0.800 bits per heavy atom. The number of hydrogen-bond acceptors (Lipinski definition) is 5. The molecule has 0 saturated heterocycles. The van der Waals surface area contributed by atoms with Gasteiger partial charge in [-0.05, 0) is 62.1 Å². The van der Waals surface area contributed by atoms with Gasteiger partial charge in [0.25, 0.3) is 0 Å². The SMILES string of the molecule is CC(C)(C)OC(=O)N[C@@H](Cc1c[nH]c2ccccc12)C(=O)N[C@@H](Cc1ccccc1)C(=O)N[C@@H](CN)Cc1ccc(F)c(F)c1. The van der Waals surface area contributed by atoms with E-state index in [0.717, 1.165) is 34.2 Å². The third-order valence-corrected chi connectivity index (χ3v) is 7.12. The molecule has 1 aromatic heterocycles. The fraction of sp³-hybridized carbons (Fsp3) is 0.324. The molecule has 0 aliphatic rings. The molecule has 9 nitrogen and oxygen atoms in total. The van der Waals surface area contributed by atoms with E-state index in [9.17, 15) is 23.2 Å². The van der Waals surface area contributed by atoms with Crippen LogP contribution in [0.4, 0.5) is 13.6 Å². The molecule has 3 aromatic carbocycles. The van der Waals surface area contributed by atoms with Crippen molar-refractivity contribution in [1.82, 2.24) is 20.9 Å². The summed E-state index contributed by atoms with van der Waals surface area (Å²) in [6.07, 6.45) is 1.42. The van der Waals surface area contributed by atoms with Gasteiger partial charge >= 0.3 is 6.09 Å². The standard InChI is InChI=1S/C34H39F2N5O4/c1-34(2,3)45-33(44)41-30(18-23-20-38-28-12-8-7-11-25(23)28)32(43)40-29(17-21-9-5-4-6-10-21)31(42)39-24(19-37)15-22-13-14-26(35)27(36)16-22/h4-14,16,20,24,29-30,38H,15,17-19,37H2,1-3H3,(H,39,42)(H,40,43)(H,41,44)/t24-,29+,30+/m1/s1. The van der Waals surface area contributed by atoms with Crippen molar-refractivity contribution in [3.63, 3.8) is 0 Å². The number of para-hydroxylation sites is 1. The molecule has 0 unspecified atom stereocenters. The zero-order chi connectivity index (χ0) is 32.6. The molecule has 4 rings (SSSR count). The first kappa shape index (κ1) is 33.1. The van der Waals surface area contributed by atoms with Gasteiger partial charge in [-0.25, -0.2) is 13.6 Å². The predicted octanol–water partition coefficient (Wildman–Crippen LogP) is 4.30. The Morgan fingerprint density at radius 2 is 1.47 bits per heavy atom. The number of fused-ring (bicyclic) bond motifs is 1.